The smallest absolute Gasteiger partial charge is 0.194 e. The van der Waals surface area contributed by atoms with Gasteiger partial charge in [0.25, 0.3) is 0 Å². The maximum absolute atomic E-state index is 6.21. The molecule has 10 rings (SSSR count). The number of nitrogens with zero attached hydrogens (tertiary/aromatic N) is 3. The van der Waals surface area contributed by atoms with Gasteiger partial charge in [0, 0.05) is 69.0 Å². The predicted octanol–water partition coefficient (Wildman–Crippen LogP) is 8.47. The highest BCUT2D eigenvalue weighted by Gasteiger charge is 2.60. The Balaban J connectivity index is 1.45. The van der Waals surface area contributed by atoms with E-state index in [0.717, 1.165) is 85.7 Å². The third-order valence-electron chi connectivity index (χ3n) is 11.7. The van der Waals surface area contributed by atoms with Gasteiger partial charge in [-0.05, 0) is 78.0 Å². The number of anilines is 9. The lowest BCUT2D eigenvalue weighted by molar-refractivity contribution is 0.414. The van der Waals surface area contributed by atoms with Crippen LogP contribution in [0.25, 0.3) is 0 Å². The average Bonchev–Trinajstić information content (AvgIpc) is 3.29. The molecule has 0 saturated heterocycles. The molecule has 7 aromatic rings. The zero-order chi connectivity index (χ0) is 39.7. The molecular weight excluding hydrogens is 743 g/mol. The van der Waals surface area contributed by atoms with E-state index in [0.29, 0.717) is 0 Å². The van der Waals surface area contributed by atoms with Crippen LogP contribution in [0.15, 0.2) is 140 Å². The molecule has 58 heavy (non-hydrogen) atoms. The Morgan fingerprint density at radius 2 is 0.569 bits per heavy atom. The van der Waals surface area contributed by atoms with Crippen molar-refractivity contribution in [1.82, 2.24) is 0 Å². The second-order valence-corrected chi connectivity index (χ2v) is 17.9. The van der Waals surface area contributed by atoms with E-state index in [9.17, 15) is 0 Å². The molecule has 3 heterocycles. The number of methoxy groups -OCH3 is 6. The summed E-state index contributed by atoms with van der Waals surface area (Å²) in [6, 6.07) is 49.0. The van der Waals surface area contributed by atoms with Gasteiger partial charge in [-0.2, -0.15) is 0 Å². The Morgan fingerprint density at radius 3 is 0.810 bits per heavy atom. The summed E-state index contributed by atoms with van der Waals surface area (Å²) in [5.41, 5.74) is 9.12. The van der Waals surface area contributed by atoms with Gasteiger partial charge in [0.1, 0.15) is 34.5 Å². The molecule has 9 nitrogen and oxygen atoms in total. The number of rotatable bonds is 10. The van der Waals surface area contributed by atoms with E-state index in [1.165, 1.54) is 20.7 Å². The molecule has 0 spiro atoms. The van der Waals surface area contributed by atoms with E-state index in [1.807, 2.05) is 36.4 Å². The summed E-state index contributed by atoms with van der Waals surface area (Å²) in [6.07, 6.45) is 0. The summed E-state index contributed by atoms with van der Waals surface area (Å²) < 4.78 is 35.6. The molecule has 0 radical (unpaired) electrons. The summed E-state index contributed by atoms with van der Waals surface area (Å²) in [5.74, 6) is 4.53. The number of ether oxygens (including phenoxy) is 6. The molecule has 0 fully saturated rings. The maximum Gasteiger partial charge on any atom is 0.194 e. The second-order valence-electron chi connectivity index (χ2n) is 14.3. The molecule has 0 atom stereocenters. The first-order chi connectivity index (χ1) is 28.5. The van der Waals surface area contributed by atoms with Crippen LogP contribution < -0.4 is 63.9 Å². The SMILES string of the molecule is COc1ccc(N2c3cc(OC)cc4c3[Si]3(c5ccccc5)c5c2cc(OC)cc5N(c2ccc(OC)cc2)c2cc(OC)cc(c23)N4c2ccc(OC)cc2)cc1. The standard InChI is InChI=1S/C48H41N3O6Si/c1-52-33-18-12-30(13-19-33)49-40-24-36(55-4)26-42-46(40)58(39-10-8-7-9-11-39)47-41(49)25-37(56-5)27-43(47)51(32-16-22-35(54-3)23-17-32)45-29-38(57-6)28-44(48(45)58)50(42)31-14-20-34(53-2)21-15-31/h7-29H,1-6H3. The van der Waals surface area contributed by atoms with Crippen LogP contribution in [0.3, 0.4) is 0 Å². The molecule has 0 saturated carbocycles. The molecule has 3 aliphatic heterocycles. The van der Waals surface area contributed by atoms with Crippen molar-refractivity contribution < 1.29 is 28.4 Å². The van der Waals surface area contributed by atoms with Crippen LogP contribution in [0, 0.1) is 0 Å². The fraction of sp³-hybridized carbons (Fsp3) is 0.125. The zero-order valence-electron chi connectivity index (χ0n) is 33.1. The second kappa shape index (κ2) is 13.6. The summed E-state index contributed by atoms with van der Waals surface area (Å²) >= 11 is 0. The summed E-state index contributed by atoms with van der Waals surface area (Å²) in [7, 11) is 7.00. The molecule has 10 heteroatoms. The molecule has 0 amide bonds. The zero-order valence-corrected chi connectivity index (χ0v) is 34.1. The van der Waals surface area contributed by atoms with Gasteiger partial charge in [-0.1, -0.05) is 30.3 Å². The van der Waals surface area contributed by atoms with E-state index in [2.05, 4.69) is 118 Å². The topological polar surface area (TPSA) is 65.1 Å². The van der Waals surface area contributed by atoms with Crippen molar-refractivity contribution in [3.05, 3.63) is 140 Å². The van der Waals surface area contributed by atoms with Gasteiger partial charge in [0.2, 0.25) is 0 Å². The van der Waals surface area contributed by atoms with Gasteiger partial charge in [-0.15, -0.1) is 0 Å². The highest BCUT2D eigenvalue weighted by Crippen LogP contribution is 2.55. The molecular formula is C48H41N3O6Si. The minimum Gasteiger partial charge on any atom is -0.497 e. The van der Waals surface area contributed by atoms with Crippen molar-refractivity contribution in [3.8, 4) is 34.5 Å². The van der Waals surface area contributed by atoms with E-state index < -0.39 is 8.07 Å². The molecule has 0 unspecified atom stereocenters. The normalized spacial score (nSPS) is 13.7. The van der Waals surface area contributed by atoms with Crippen molar-refractivity contribution in [2.24, 2.45) is 0 Å². The summed E-state index contributed by atoms with van der Waals surface area (Å²) in [4.78, 5) is 7.11. The molecule has 0 N–H and O–H groups in total. The Kier molecular flexibility index (Phi) is 8.27. The van der Waals surface area contributed by atoms with Crippen molar-refractivity contribution in [2.75, 3.05) is 57.4 Å². The number of hydrogen-bond acceptors (Lipinski definition) is 9. The van der Waals surface area contributed by atoms with E-state index in [4.69, 9.17) is 28.4 Å². The van der Waals surface area contributed by atoms with Crippen molar-refractivity contribution in [3.63, 3.8) is 0 Å². The Morgan fingerprint density at radius 1 is 0.310 bits per heavy atom. The van der Waals surface area contributed by atoms with Crippen LogP contribution in [0.2, 0.25) is 0 Å². The molecule has 0 aliphatic carbocycles. The average molecular weight is 784 g/mol. The van der Waals surface area contributed by atoms with Crippen molar-refractivity contribution >= 4 is 80.0 Å². The lowest BCUT2D eigenvalue weighted by atomic mass is 10.0. The molecule has 0 aromatic heterocycles. The van der Waals surface area contributed by atoms with Gasteiger partial charge in [-0.3, -0.25) is 0 Å². The van der Waals surface area contributed by atoms with Crippen LogP contribution in [0.1, 0.15) is 0 Å². The highest BCUT2D eigenvalue weighted by atomic mass is 28.3. The lowest BCUT2D eigenvalue weighted by Gasteiger charge is -2.55. The number of benzene rings is 7. The third kappa shape index (κ3) is 4.94. The molecule has 288 valence electrons. The van der Waals surface area contributed by atoms with Crippen molar-refractivity contribution in [1.29, 1.82) is 0 Å². The van der Waals surface area contributed by atoms with Gasteiger partial charge in [0.15, 0.2) is 8.07 Å². The first-order valence-electron chi connectivity index (χ1n) is 19.0. The monoisotopic (exact) mass is 783 g/mol. The Labute approximate surface area is 338 Å². The third-order valence-corrected chi connectivity index (χ3v) is 16.7. The van der Waals surface area contributed by atoms with Crippen LogP contribution in [0.5, 0.6) is 34.5 Å². The Hall–Kier alpha value is -7.04. The van der Waals surface area contributed by atoms with Crippen molar-refractivity contribution in [2.45, 2.75) is 0 Å². The molecule has 7 aromatic carbocycles. The summed E-state index contributed by atoms with van der Waals surface area (Å²) in [6.45, 7) is 0. The summed E-state index contributed by atoms with van der Waals surface area (Å²) in [5, 5.41) is 5.01. The minimum atomic E-state index is -3.28. The highest BCUT2D eigenvalue weighted by molar-refractivity contribution is 7.24. The largest absolute Gasteiger partial charge is 0.497 e. The fourth-order valence-corrected chi connectivity index (χ4v) is 15.0. The maximum atomic E-state index is 6.21. The van der Waals surface area contributed by atoms with E-state index in [-0.39, 0.29) is 0 Å². The van der Waals surface area contributed by atoms with Gasteiger partial charge in [0.05, 0.1) is 76.8 Å². The molecule has 0 bridgehead atoms. The number of hydrogen-bond donors (Lipinski definition) is 0. The molecule has 3 aliphatic rings. The van der Waals surface area contributed by atoms with Crippen LogP contribution in [-0.4, -0.2) is 50.7 Å². The first kappa shape index (κ1) is 35.4. The van der Waals surface area contributed by atoms with Crippen LogP contribution >= 0.6 is 0 Å². The van der Waals surface area contributed by atoms with Gasteiger partial charge in [-0.25, -0.2) is 0 Å². The lowest BCUT2D eigenvalue weighted by Crippen LogP contribution is -2.81. The first-order valence-corrected chi connectivity index (χ1v) is 21.0. The predicted molar refractivity (Wildman–Crippen MR) is 234 cm³/mol. The quantitative estimate of drug-likeness (QED) is 0.127. The minimum absolute atomic E-state index is 0.733. The van der Waals surface area contributed by atoms with Gasteiger partial charge < -0.3 is 43.1 Å². The fourth-order valence-electron chi connectivity index (χ4n) is 9.24. The van der Waals surface area contributed by atoms with E-state index in [1.54, 1.807) is 42.7 Å². The van der Waals surface area contributed by atoms with E-state index >= 15 is 0 Å². The Bertz CT molecular complexity index is 2360. The van der Waals surface area contributed by atoms with Gasteiger partial charge >= 0.3 is 0 Å². The van der Waals surface area contributed by atoms with Crippen LogP contribution in [0.4, 0.5) is 51.2 Å². The van der Waals surface area contributed by atoms with Crippen LogP contribution in [-0.2, 0) is 0 Å².